The first-order chi connectivity index (χ1) is 7.80. The van der Waals surface area contributed by atoms with Gasteiger partial charge in [0.2, 0.25) is 0 Å². The van der Waals surface area contributed by atoms with E-state index in [1.807, 2.05) is 13.0 Å². The van der Waals surface area contributed by atoms with E-state index in [1.165, 1.54) is 10.9 Å². The first kappa shape index (κ1) is 12.4. The number of halogens is 1. The Bertz CT molecular complexity index is 593. The van der Waals surface area contributed by atoms with Crippen LogP contribution in [0.15, 0.2) is 18.8 Å². The van der Waals surface area contributed by atoms with Gasteiger partial charge in [0.15, 0.2) is 0 Å². The van der Waals surface area contributed by atoms with Crippen molar-refractivity contribution in [1.29, 1.82) is 0 Å². The van der Waals surface area contributed by atoms with E-state index in [-0.39, 0.29) is 0 Å². The number of allylic oxidation sites excluding steroid dienone is 1. The van der Waals surface area contributed by atoms with E-state index in [0.717, 1.165) is 16.6 Å². The highest BCUT2D eigenvalue weighted by Gasteiger charge is 2.25. The van der Waals surface area contributed by atoms with Crippen molar-refractivity contribution in [2.75, 3.05) is 0 Å². The molecular formula is C13H17ClN2Si. The minimum atomic E-state index is -1.44. The van der Waals surface area contributed by atoms with E-state index in [9.17, 15) is 0 Å². The first-order valence-corrected chi connectivity index (χ1v) is 9.52. The van der Waals surface area contributed by atoms with E-state index < -0.39 is 8.07 Å². The highest BCUT2D eigenvalue weighted by atomic mass is 35.5. The standard InChI is InChI=1S/C13H17ClN2Si/c1-8(2)11-10-6-9(14)7-15-12(10)16-13(11)17(3,4)5/h6-7H,1H2,2-5H3,(H,15,16). The van der Waals surface area contributed by atoms with Crippen LogP contribution in [0, 0.1) is 0 Å². The molecule has 0 aliphatic heterocycles. The lowest BCUT2D eigenvalue weighted by Crippen LogP contribution is -2.40. The number of aromatic amines is 1. The van der Waals surface area contributed by atoms with Crippen molar-refractivity contribution in [3.8, 4) is 0 Å². The Morgan fingerprint density at radius 3 is 2.59 bits per heavy atom. The Labute approximate surface area is 108 Å². The van der Waals surface area contributed by atoms with Gasteiger partial charge < -0.3 is 4.98 Å². The van der Waals surface area contributed by atoms with Crippen LogP contribution in [0.1, 0.15) is 12.5 Å². The molecule has 2 rings (SSSR count). The molecule has 0 amide bonds. The van der Waals surface area contributed by atoms with Crippen LogP contribution >= 0.6 is 11.6 Å². The van der Waals surface area contributed by atoms with Crippen molar-refractivity contribution in [2.45, 2.75) is 26.6 Å². The van der Waals surface area contributed by atoms with Crippen LogP contribution in [0.25, 0.3) is 16.6 Å². The minimum Gasteiger partial charge on any atom is -0.347 e. The van der Waals surface area contributed by atoms with Crippen LogP contribution in [-0.4, -0.2) is 18.0 Å². The molecule has 2 aromatic rings. The molecule has 1 N–H and O–H groups in total. The zero-order chi connectivity index (χ0) is 12.8. The molecule has 4 heteroatoms. The summed E-state index contributed by atoms with van der Waals surface area (Å²) in [5, 5.41) is 3.05. The number of hydrogen-bond acceptors (Lipinski definition) is 1. The van der Waals surface area contributed by atoms with E-state index >= 15 is 0 Å². The summed E-state index contributed by atoms with van der Waals surface area (Å²) in [7, 11) is -1.44. The van der Waals surface area contributed by atoms with Gasteiger partial charge in [-0.05, 0) is 18.6 Å². The predicted molar refractivity (Wildman–Crippen MR) is 78.8 cm³/mol. The molecule has 0 unspecified atom stereocenters. The van der Waals surface area contributed by atoms with Gasteiger partial charge in [0.1, 0.15) is 5.65 Å². The molecule has 2 aromatic heterocycles. The van der Waals surface area contributed by atoms with E-state index in [2.05, 4.69) is 36.2 Å². The van der Waals surface area contributed by atoms with Crippen LogP contribution in [0.3, 0.4) is 0 Å². The summed E-state index contributed by atoms with van der Waals surface area (Å²) >= 11 is 6.02. The third kappa shape index (κ3) is 2.17. The van der Waals surface area contributed by atoms with Crippen molar-refractivity contribution in [3.05, 3.63) is 29.4 Å². The van der Waals surface area contributed by atoms with Gasteiger partial charge in [0.25, 0.3) is 0 Å². The van der Waals surface area contributed by atoms with Crippen molar-refractivity contribution < 1.29 is 0 Å². The van der Waals surface area contributed by atoms with Crippen LogP contribution in [-0.2, 0) is 0 Å². The van der Waals surface area contributed by atoms with Gasteiger partial charge in [-0.15, -0.1) is 0 Å². The molecule has 0 saturated carbocycles. The SMILES string of the molecule is C=C(C)c1c([Si](C)(C)C)[nH]c2ncc(Cl)cc12. The summed E-state index contributed by atoms with van der Waals surface area (Å²) in [5.41, 5.74) is 3.18. The maximum atomic E-state index is 6.02. The van der Waals surface area contributed by atoms with Gasteiger partial charge in [0, 0.05) is 22.5 Å². The largest absolute Gasteiger partial charge is 0.347 e. The third-order valence-corrected chi connectivity index (χ3v) is 4.88. The maximum Gasteiger partial charge on any atom is 0.137 e. The highest BCUT2D eigenvalue weighted by molar-refractivity contribution is 6.89. The first-order valence-electron chi connectivity index (χ1n) is 5.64. The molecule has 0 aliphatic rings. The Hall–Kier alpha value is -1.06. The lowest BCUT2D eigenvalue weighted by Gasteiger charge is -2.17. The van der Waals surface area contributed by atoms with E-state index in [4.69, 9.17) is 11.6 Å². The molecule has 0 aliphatic carbocycles. The van der Waals surface area contributed by atoms with Crippen LogP contribution in [0.5, 0.6) is 0 Å². The predicted octanol–water partition coefficient (Wildman–Crippen LogP) is 3.79. The number of aromatic nitrogens is 2. The van der Waals surface area contributed by atoms with Crippen molar-refractivity contribution in [2.24, 2.45) is 0 Å². The third-order valence-electron chi connectivity index (χ3n) is 2.79. The summed E-state index contributed by atoms with van der Waals surface area (Å²) in [4.78, 5) is 7.80. The lowest BCUT2D eigenvalue weighted by molar-refractivity contribution is 1.34. The Balaban J connectivity index is 2.86. The number of rotatable bonds is 2. The number of nitrogens with zero attached hydrogens (tertiary/aromatic N) is 1. The summed E-state index contributed by atoms with van der Waals surface area (Å²) in [6, 6.07) is 1.97. The molecule has 0 spiro atoms. The fourth-order valence-electron chi connectivity index (χ4n) is 2.05. The highest BCUT2D eigenvalue weighted by Crippen LogP contribution is 2.25. The number of hydrogen-bond donors (Lipinski definition) is 1. The second-order valence-electron chi connectivity index (χ2n) is 5.46. The normalized spacial score (nSPS) is 12.1. The van der Waals surface area contributed by atoms with Crippen molar-refractivity contribution in [1.82, 2.24) is 9.97 Å². The number of H-pyrrole nitrogens is 1. The Morgan fingerprint density at radius 2 is 2.06 bits per heavy atom. The molecule has 0 atom stereocenters. The second-order valence-corrected chi connectivity index (χ2v) is 10.9. The Kier molecular flexibility index (Phi) is 2.92. The number of nitrogens with one attached hydrogen (secondary N) is 1. The summed E-state index contributed by atoms with van der Waals surface area (Å²) in [5.74, 6) is 0. The van der Waals surface area contributed by atoms with Crippen LogP contribution in [0.4, 0.5) is 0 Å². The van der Waals surface area contributed by atoms with Gasteiger partial charge in [-0.1, -0.05) is 37.8 Å². The topological polar surface area (TPSA) is 28.7 Å². The van der Waals surface area contributed by atoms with Gasteiger partial charge in [-0.25, -0.2) is 4.98 Å². The monoisotopic (exact) mass is 264 g/mol. The number of pyridine rings is 1. The maximum absolute atomic E-state index is 6.02. The van der Waals surface area contributed by atoms with Gasteiger partial charge in [-0.3, -0.25) is 0 Å². The molecule has 0 bridgehead atoms. The fraction of sp³-hybridized carbons (Fsp3) is 0.308. The lowest BCUT2D eigenvalue weighted by atomic mass is 10.1. The summed E-state index contributed by atoms with van der Waals surface area (Å²) in [6.07, 6.45) is 1.68. The molecule has 0 fully saturated rings. The van der Waals surface area contributed by atoms with E-state index in [1.54, 1.807) is 6.20 Å². The summed E-state index contributed by atoms with van der Waals surface area (Å²) < 4.78 is 0. The van der Waals surface area contributed by atoms with E-state index in [0.29, 0.717) is 5.02 Å². The molecule has 0 radical (unpaired) electrons. The molecule has 17 heavy (non-hydrogen) atoms. The van der Waals surface area contributed by atoms with Gasteiger partial charge in [-0.2, -0.15) is 0 Å². The molecule has 0 aromatic carbocycles. The van der Waals surface area contributed by atoms with Crippen LogP contribution < -0.4 is 5.32 Å². The fourth-order valence-corrected chi connectivity index (χ4v) is 3.80. The van der Waals surface area contributed by atoms with Gasteiger partial charge in [0.05, 0.1) is 13.1 Å². The van der Waals surface area contributed by atoms with Crippen molar-refractivity contribution in [3.63, 3.8) is 0 Å². The zero-order valence-corrected chi connectivity index (χ0v) is 12.4. The van der Waals surface area contributed by atoms with Crippen LogP contribution in [0.2, 0.25) is 24.7 Å². The molecule has 2 heterocycles. The number of fused-ring (bicyclic) bond motifs is 1. The molecule has 0 saturated heterocycles. The zero-order valence-electron chi connectivity index (χ0n) is 10.7. The second kappa shape index (κ2) is 4.00. The Morgan fingerprint density at radius 1 is 1.41 bits per heavy atom. The smallest absolute Gasteiger partial charge is 0.137 e. The molecule has 90 valence electrons. The van der Waals surface area contributed by atoms with Crippen molar-refractivity contribution >= 4 is 41.6 Å². The van der Waals surface area contributed by atoms with Gasteiger partial charge >= 0.3 is 0 Å². The average Bonchev–Trinajstić information content (AvgIpc) is 2.55. The average molecular weight is 265 g/mol. The molecular weight excluding hydrogens is 248 g/mol. The summed E-state index contributed by atoms with van der Waals surface area (Å²) in [6.45, 7) is 13.1. The minimum absolute atomic E-state index is 0.668. The quantitative estimate of drug-likeness (QED) is 0.822. The molecule has 2 nitrogen and oxygen atoms in total.